The van der Waals surface area contributed by atoms with Crippen LogP contribution < -0.4 is 10.6 Å². The zero-order chi connectivity index (χ0) is 9.26. The summed E-state index contributed by atoms with van der Waals surface area (Å²) in [5, 5.41) is 4.89. The van der Waals surface area contributed by atoms with Gasteiger partial charge in [-0.3, -0.25) is 10.1 Å². The van der Waals surface area contributed by atoms with E-state index in [2.05, 4.69) is 22.8 Å². The smallest absolute Gasteiger partial charge is 0.322 e. The molecule has 0 spiro atoms. The molecular formula is C9H12N2O2. The molecule has 4 heteroatoms. The highest BCUT2D eigenvalue weighted by molar-refractivity contribution is 6.04. The Morgan fingerprint density at radius 3 is 2.69 bits per heavy atom. The third-order valence-corrected chi connectivity index (χ3v) is 2.59. The van der Waals surface area contributed by atoms with E-state index in [1.807, 2.05) is 0 Å². The molecule has 1 aliphatic heterocycles. The number of amides is 3. The average molecular weight is 180 g/mol. The van der Waals surface area contributed by atoms with Crippen LogP contribution in [-0.4, -0.2) is 18.0 Å². The van der Waals surface area contributed by atoms with Gasteiger partial charge in [0.15, 0.2) is 0 Å². The highest BCUT2D eigenvalue weighted by atomic mass is 16.2. The number of carbonyl (C=O) groups excluding carboxylic acids is 2. The van der Waals surface area contributed by atoms with Gasteiger partial charge in [0.05, 0.1) is 0 Å². The zero-order valence-electron chi connectivity index (χ0n) is 7.25. The molecule has 1 saturated heterocycles. The fourth-order valence-electron chi connectivity index (χ4n) is 1.88. The SMILES string of the molecule is O=C1NC(=O)[C@@H]([C@H]2CC=CCC2)N1. The lowest BCUT2D eigenvalue weighted by Gasteiger charge is -2.21. The maximum Gasteiger partial charge on any atom is 0.322 e. The van der Waals surface area contributed by atoms with Gasteiger partial charge in [-0.25, -0.2) is 4.79 Å². The standard InChI is InChI=1S/C9H12N2O2/c12-8-7(10-9(13)11-8)6-4-2-1-3-5-6/h1-2,6-7H,3-5H2,(H2,10,11,12,13)/t6-,7+/m0/s1. The van der Waals surface area contributed by atoms with E-state index in [-0.39, 0.29) is 23.9 Å². The lowest BCUT2D eigenvalue weighted by Crippen LogP contribution is -2.37. The Morgan fingerprint density at radius 2 is 2.15 bits per heavy atom. The lowest BCUT2D eigenvalue weighted by atomic mass is 9.88. The van der Waals surface area contributed by atoms with Gasteiger partial charge in [0, 0.05) is 0 Å². The number of imide groups is 1. The summed E-state index contributed by atoms with van der Waals surface area (Å²) in [5.74, 6) is 0.0988. The van der Waals surface area contributed by atoms with Crippen LogP contribution in [0.4, 0.5) is 4.79 Å². The number of hydrogen-bond donors (Lipinski definition) is 2. The highest BCUT2D eigenvalue weighted by Crippen LogP contribution is 2.23. The quantitative estimate of drug-likeness (QED) is 0.457. The molecule has 1 fully saturated rings. The molecule has 2 N–H and O–H groups in total. The molecule has 4 nitrogen and oxygen atoms in total. The second kappa shape index (κ2) is 3.20. The first kappa shape index (κ1) is 8.29. The summed E-state index contributed by atoms with van der Waals surface area (Å²) in [6.45, 7) is 0. The normalized spacial score (nSPS) is 32.9. The molecule has 0 bridgehead atoms. The van der Waals surface area contributed by atoms with E-state index in [0.29, 0.717) is 0 Å². The van der Waals surface area contributed by atoms with Crippen LogP contribution in [0.15, 0.2) is 12.2 Å². The van der Waals surface area contributed by atoms with Crippen molar-refractivity contribution in [2.75, 3.05) is 0 Å². The summed E-state index contributed by atoms with van der Waals surface area (Å²) >= 11 is 0. The Morgan fingerprint density at radius 1 is 1.31 bits per heavy atom. The van der Waals surface area contributed by atoms with E-state index in [1.165, 1.54) is 0 Å². The molecule has 0 radical (unpaired) electrons. The Bertz CT molecular complexity index is 273. The van der Waals surface area contributed by atoms with E-state index in [1.54, 1.807) is 0 Å². The maximum absolute atomic E-state index is 11.3. The van der Waals surface area contributed by atoms with Gasteiger partial charge in [-0.2, -0.15) is 0 Å². The minimum Gasteiger partial charge on any atom is -0.326 e. The molecule has 2 atom stereocenters. The van der Waals surface area contributed by atoms with Gasteiger partial charge in [-0.15, -0.1) is 0 Å². The maximum atomic E-state index is 11.3. The molecule has 0 aromatic heterocycles. The van der Waals surface area contributed by atoms with Crippen LogP contribution in [0.2, 0.25) is 0 Å². The number of nitrogens with one attached hydrogen (secondary N) is 2. The molecular weight excluding hydrogens is 168 g/mol. The molecule has 2 rings (SSSR count). The lowest BCUT2D eigenvalue weighted by molar-refractivity contribution is -0.121. The van der Waals surface area contributed by atoms with Crippen LogP contribution in [0.25, 0.3) is 0 Å². The minimum atomic E-state index is -0.357. The largest absolute Gasteiger partial charge is 0.326 e. The molecule has 3 amide bonds. The van der Waals surface area contributed by atoms with E-state index in [9.17, 15) is 9.59 Å². The van der Waals surface area contributed by atoms with Crippen LogP contribution >= 0.6 is 0 Å². The summed E-state index contributed by atoms with van der Waals surface area (Å²) in [4.78, 5) is 22.1. The topological polar surface area (TPSA) is 58.2 Å². The number of urea groups is 1. The van der Waals surface area contributed by atoms with Gasteiger partial charge in [0.1, 0.15) is 6.04 Å². The van der Waals surface area contributed by atoms with Crippen molar-refractivity contribution >= 4 is 11.9 Å². The van der Waals surface area contributed by atoms with E-state index < -0.39 is 0 Å². The molecule has 1 heterocycles. The summed E-state index contributed by atoms with van der Waals surface area (Å²) in [5.41, 5.74) is 0. The van der Waals surface area contributed by atoms with Crippen molar-refractivity contribution in [3.8, 4) is 0 Å². The molecule has 1 aliphatic carbocycles. The average Bonchev–Trinajstić information content (AvgIpc) is 2.47. The molecule has 0 aromatic carbocycles. The summed E-state index contributed by atoms with van der Waals surface area (Å²) in [6.07, 6.45) is 7.06. The van der Waals surface area contributed by atoms with Crippen molar-refractivity contribution < 1.29 is 9.59 Å². The fraction of sp³-hybridized carbons (Fsp3) is 0.556. The zero-order valence-corrected chi connectivity index (χ0v) is 7.25. The number of hydrogen-bond acceptors (Lipinski definition) is 2. The first-order valence-electron chi connectivity index (χ1n) is 4.54. The van der Waals surface area contributed by atoms with Gasteiger partial charge in [-0.05, 0) is 25.2 Å². The third-order valence-electron chi connectivity index (χ3n) is 2.59. The first-order chi connectivity index (χ1) is 6.27. The number of carbonyl (C=O) groups is 2. The van der Waals surface area contributed by atoms with E-state index in [4.69, 9.17) is 0 Å². The van der Waals surface area contributed by atoms with Crippen LogP contribution in [0, 0.1) is 5.92 Å². The Kier molecular flexibility index (Phi) is 2.04. The molecule has 2 aliphatic rings. The number of rotatable bonds is 1. The van der Waals surface area contributed by atoms with Crippen LogP contribution in [-0.2, 0) is 4.79 Å². The highest BCUT2D eigenvalue weighted by Gasteiger charge is 2.35. The van der Waals surface area contributed by atoms with Crippen molar-refractivity contribution in [1.82, 2.24) is 10.6 Å². The molecule has 0 aromatic rings. The van der Waals surface area contributed by atoms with Gasteiger partial charge >= 0.3 is 6.03 Å². The van der Waals surface area contributed by atoms with Gasteiger partial charge in [0.25, 0.3) is 5.91 Å². The van der Waals surface area contributed by atoms with Crippen molar-refractivity contribution in [3.05, 3.63) is 12.2 Å². The van der Waals surface area contributed by atoms with E-state index >= 15 is 0 Å². The molecule has 0 saturated carbocycles. The van der Waals surface area contributed by atoms with Gasteiger partial charge < -0.3 is 5.32 Å². The second-order valence-corrected chi connectivity index (χ2v) is 3.48. The summed E-state index contributed by atoms with van der Waals surface area (Å²) < 4.78 is 0. The summed E-state index contributed by atoms with van der Waals surface area (Å²) in [7, 11) is 0. The van der Waals surface area contributed by atoms with E-state index in [0.717, 1.165) is 19.3 Å². The fourth-order valence-corrected chi connectivity index (χ4v) is 1.88. The van der Waals surface area contributed by atoms with Crippen LogP contribution in [0.3, 0.4) is 0 Å². The van der Waals surface area contributed by atoms with Crippen LogP contribution in [0.1, 0.15) is 19.3 Å². The third kappa shape index (κ3) is 1.56. The number of allylic oxidation sites excluding steroid dienone is 2. The van der Waals surface area contributed by atoms with Crippen molar-refractivity contribution in [2.24, 2.45) is 5.92 Å². The molecule has 13 heavy (non-hydrogen) atoms. The first-order valence-corrected chi connectivity index (χ1v) is 4.54. The minimum absolute atomic E-state index is 0.176. The Labute approximate surface area is 76.4 Å². The van der Waals surface area contributed by atoms with Crippen LogP contribution in [0.5, 0.6) is 0 Å². The Balaban J connectivity index is 2.04. The molecule has 70 valence electrons. The predicted molar refractivity (Wildman–Crippen MR) is 46.9 cm³/mol. The second-order valence-electron chi connectivity index (χ2n) is 3.48. The van der Waals surface area contributed by atoms with Crippen molar-refractivity contribution in [2.45, 2.75) is 25.3 Å². The van der Waals surface area contributed by atoms with Gasteiger partial charge in [0.2, 0.25) is 0 Å². The molecule has 0 unspecified atom stereocenters. The predicted octanol–water partition coefficient (Wildman–Crippen LogP) is 0.551. The van der Waals surface area contributed by atoms with Gasteiger partial charge in [-0.1, -0.05) is 12.2 Å². The Hall–Kier alpha value is -1.32. The van der Waals surface area contributed by atoms with Crippen molar-refractivity contribution in [1.29, 1.82) is 0 Å². The summed E-state index contributed by atoms with van der Waals surface area (Å²) in [6, 6.07) is -0.665. The van der Waals surface area contributed by atoms with Crippen molar-refractivity contribution in [3.63, 3.8) is 0 Å². The monoisotopic (exact) mass is 180 g/mol.